The van der Waals surface area contributed by atoms with Crippen LogP contribution in [0.25, 0.3) is 0 Å². The maximum absolute atomic E-state index is 14.5. The van der Waals surface area contributed by atoms with E-state index in [-0.39, 0.29) is 17.9 Å². The quantitative estimate of drug-likeness (QED) is 0.334. The van der Waals surface area contributed by atoms with Crippen LogP contribution in [0.2, 0.25) is 5.02 Å². The van der Waals surface area contributed by atoms with Gasteiger partial charge in [0.2, 0.25) is 5.91 Å². The Morgan fingerprint density at radius 3 is 2.38 bits per heavy atom. The molecule has 0 bridgehead atoms. The van der Waals surface area contributed by atoms with Gasteiger partial charge in [0.05, 0.1) is 10.7 Å². The molecule has 0 aliphatic heterocycles. The van der Waals surface area contributed by atoms with E-state index in [0.29, 0.717) is 28.3 Å². The molecule has 0 radical (unpaired) electrons. The van der Waals surface area contributed by atoms with Crippen LogP contribution in [0.5, 0.6) is 0 Å². The number of ether oxygens (including phenoxy) is 1. The van der Waals surface area contributed by atoms with Crippen molar-refractivity contribution in [3.8, 4) is 12.3 Å². The third kappa shape index (κ3) is 7.37. The molecule has 3 amide bonds. The first-order valence-corrected chi connectivity index (χ1v) is 14.2. The van der Waals surface area contributed by atoms with Crippen LogP contribution in [-0.2, 0) is 14.3 Å². The van der Waals surface area contributed by atoms with E-state index in [2.05, 4.69) is 16.6 Å². The van der Waals surface area contributed by atoms with E-state index in [9.17, 15) is 14.4 Å². The Morgan fingerprint density at radius 1 is 1.15 bits per heavy atom. The Balaban J connectivity index is 2.12. The van der Waals surface area contributed by atoms with Crippen LogP contribution in [0, 0.1) is 25.2 Å². The monoisotopic (exact) mass is 565 g/mol. The Bertz CT molecular complexity index is 1260. The number of nitrogens with zero attached hydrogens (tertiary/aromatic N) is 1. The van der Waals surface area contributed by atoms with E-state index in [1.54, 1.807) is 56.0 Å². The van der Waals surface area contributed by atoms with Gasteiger partial charge in [0, 0.05) is 11.6 Å². The van der Waals surface area contributed by atoms with E-state index in [0.717, 1.165) is 24.8 Å². The molecular formula is C32H40ClN3O4. The van der Waals surface area contributed by atoms with Gasteiger partial charge in [0.25, 0.3) is 5.91 Å². The number of alkyl carbamates (subject to hydrolysis) is 1. The summed E-state index contributed by atoms with van der Waals surface area (Å²) in [7, 11) is 0. The summed E-state index contributed by atoms with van der Waals surface area (Å²) in [6.07, 6.45) is 8.20. The molecule has 214 valence electrons. The number of anilines is 1. The zero-order valence-corrected chi connectivity index (χ0v) is 25.0. The number of halogens is 1. The van der Waals surface area contributed by atoms with Crippen LogP contribution in [0.4, 0.5) is 10.5 Å². The Labute approximate surface area is 243 Å². The molecule has 1 aliphatic rings. The first-order valence-electron chi connectivity index (χ1n) is 13.8. The molecule has 2 aromatic rings. The maximum atomic E-state index is 14.5. The third-order valence-corrected chi connectivity index (χ3v) is 7.60. The predicted molar refractivity (Wildman–Crippen MR) is 159 cm³/mol. The smallest absolute Gasteiger partial charge is 0.408 e. The van der Waals surface area contributed by atoms with Gasteiger partial charge in [-0.1, -0.05) is 68.1 Å². The molecule has 40 heavy (non-hydrogen) atoms. The standard InChI is InChI=1S/C32H40ClN3O4/c1-8-20(3)27(35-31(39)40-32(5,6)7)30(38)36(23-16-13-17-23)28(24-18-11-10-15-22(24)9-2)29(37)34-26-21(4)14-12-19-25(26)33/h2,10-12,14-15,18-20,23,27-28H,8,13,16-17H2,1,3-7H3,(H,34,37)(H,35,39). The summed E-state index contributed by atoms with van der Waals surface area (Å²) in [6, 6.07) is 10.3. The molecule has 0 heterocycles. The molecule has 7 nitrogen and oxygen atoms in total. The van der Waals surface area contributed by atoms with E-state index < -0.39 is 29.7 Å². The number of rotatable bonds is 9. The molecule has 8 heteroatoms. The minimum atomic E-state index is -1.05. The lowest BCUT2D eigenvalue weighted by Gasteiger charge is -2.44. The van der Waals surface area contributed by atoms with Crippen LogP contribution in [0.15, 0.2) is 42.5 Å². The SMILES string of the molecule is C#Cc1ccccc1C(C(=O)Nc1c(C)cccc1Cl)N(C(=O)C(NC(=O)OC(C)(C)C)C(C)CC)C1CCC1. The van der Waals surface area contributed by atoms with Gasteiger partial charge in [-0.05, 0) is 76.1 Å². The van der Waals surface area contributed by atoms with Gasteiger partial charge < -0.3 is 20.3 Å². The number of terminal acetylenes is 1. The van der Waals surface area contributed by atoms with E-state index in [1.807, 2.05) is 32.9 Å². The minimum Gasteiger partial charge on any atom is -0.444 e. The van der Waals surface area contributed by atoms with Gasteiger partial charge in [0.1, 0.15) is 17.7 Å². The van der Waals surface area contributed by atoms with Gasteiger partial charge >= 0.3 is 6.09 Å². The summed E-state index contributed by atoms with van der Waals surface area (Å²) in [5.41, 5.74) is 1.57. The predicted octanol–water partition coefficient (Wildman–Crippen LogP) is 6.63. The summed E-state index contributed by atoms with van der Waals surface area (Å²) in [6.45, 7) is 11.0. The van der Waals surface area contributed by atoms with Gasteiger partial charge in [0.15, 0.2) is 0 Å². The van der Waals surface area contributed by atoms with Crippen molar-refractivity contribution in [2.75, 3.05) is 5.32 Å². The Hall–Kier alpha value is -3.50. The number of nitrogens with one attached hydrogen (secondary N) is 2. The van der Waals surface area contributed by atoms with E-state index in [1.165, 1.54) is 0 Å². The lowest BCUT2D eigenvalue weighted by Crippen LogP contribution is -2.58. The van der Waals surface area contributed by atoms with Crippen molar-refractivity contribution in [2.24, 2.45) is 5.92 Å². The lowest BCUT2D eigenvalue weighted by atomic mass is 9.86. The number of aryl methyl sites for hydroxylation is 1. The first-order chi connectivity index (χ1) is 18.9. The zero-order valence-electron chi connectivity index (χ0n) is 24.2. The van der Waals surface area contributed by atoms with Crippen LogP contribution in [0.1, 0.15) is 83.0 Å². The van der Waals surface area contributed by atoms with E-state index in [4.69, 9.17) is 22.8 Å². The average Bonchev–Trinajstić information content (AvgIpc) is 2.86. The van der Waals surface area contributed by atoms with Gasteiger partial charge in [-0.2, -0.15) is 0 Å². The highest BCUT2D eigenvalue weighted by atomic mass is 35.5. The highest BCUT2D eigenvalue weighted by Crippen LogP contribution is 2.37. The van der Waals surface area contributed by atoms with Gasteiger partial charge in [-0.15, -0.1) is 6.42 Å². The number of benzene rings is 2. The normalized spacial score (nSPS) is 15.6. The van der Waals surface area contributed by atoms with Crippen molar-refractivity contribution in [3.05, 3.63) is 64.2 Å². The highest BCUT2D eigenvalue weighted by Gasteiger charge is 2.43. The number of carbonyl (C=O) groups excluding carboxylic acids is 3. The Kier molecular flexibility index (Phi) is 10.3. The maximum Gasteiger partial charge on any atom is 0.408 e. The fraction of sp³-hybridized carbons (Fsp3) is 0.469. The van der Waals surface area contributed by atoms with Crippen LogP contribution >= 0.6 is 11.6 Å². The van der Waals surface area contributed by atoms with Crippen molar-refractivity contribution < 1.29 is 19.1 Å². The summed E-state index contributed by atoms with van der Waals surface area (Å²) < 4.78 is 5.49. The number of hydrogen-bond donors (Lipinski definition) is 2. The summed E-state index contributed by atoms with van der Waals surface area (Å²) in [5, 5.41) is 6.17. The molecule has 2 aromatic carbocycles. The summed E-state index contributed by atoms with van der Waals surface area (Å²) >= 11 is 6.46. The minimum absolute atomic E-state index is 0.201. The molecular weight excluding hydrogens is 526 g/mol. The Morgan fingerprint density at radius 2 is 1.82 bits per heavy atom. The summed E-state index contributed by atoms with van der Waals surface area (Å²) in [4.78, 5) is 43.1. The average molecular weight is 566 g/mol. The largest absolute Gasteiger partial charge is 0.444 e. The molecule has 1 fully saturated rings. The number of carbonyl (C=O) groups is 3. The molecule has 0 spiro atoms. The molecule has 3 rings (SSSR count). The molecule has 0 aromatic heterocycles. The van der Waals surface area contributed by atoms with Gasteiger partial charge in [-0.3, -0.25) is 9.59 Å². The molecule has 2 N–H and O–H groups in total. The second kappa shape index (κ2) is 13.2. The van der Waals surface area contributed by atoms with Crippen LogP contribution < -0.4 is 10.6 Å². The van der Waals surface area contributed by atoms with Crippen molar-refractivity contribution in [1.29, 1.82) is 0 Å². The van der Waals surface area contributed by atoms with Crippen molar-refractivity contribution in [2.45, 2.75) is 91.0 Å². The fourth-order valence-electron chi connectivity index (χ4n) is 4.73. The van der Waals surface area contributed by atoms with Crippen molar-refractivity contribution in [1.82, 2.24) is 10.2 Å². The second-order valence-corrected chi connectivity index (χ2v) is 11.8. The molecule has 3 atom stereocenters. The third-order valence-electron chi connectivity index (χ3n) is 7.28. The first kappa shape index (κ1) is 31.0. The molecule has 3 unspecified atom stereocenters. The lowest BCUT2D eigenvalue weighted by molar-refractivity contribution is -0.147. The van der Waals surface area contributed by atoms with Crippen LogP contribution in [-0.4, -0.2) is 40.5 Å². The topological polar surface area (TPSA) is 87.7 Å². The van der Waals surface area contributed by atoms with Crippen molar-refractivity contribution >= 4 is 35.2 Å². The van der Waals surface area contributed by atoms with Gasteiger partial charge in [-0.25, -0.2) is 4.79 Å². The zero-order chi connectivity index (χ0) is 29.6. The highest BCUT2D eigenvalue weighted by molar-refractivity contribution is 6.34. The number of hydrogen-bond acceptors (Lipinski definition) is 4. The number of amides is 3. The number of para-hydroxylation sites is 1. The second-order valence-electron chi connectivity index (χ2n) is 11.4. The fourth-order valence-corrected chi connectivity index (χ4v) is 5.00. The molecule has 1 saturated carbocycles. The molecule has 1 aliphatic carbocycles. The van der Waals surface area contributed by atoms with Crippen molar-refractivity contribution in [3.63, 3.8) is 0 Å². The van der Waals surface area contributed by atoms with Crippen LogP contribution in [0.3, 0.4) is 0 Å². The summed E-state index contributed by atoms with van der Waals surface area (Å²) in [5.74, 6) is 1.67. The van der Waals surface area contributed by atoms with E-state index >= 15 is 0 Å². The molecule has 0 saturated heterocycles.